The Bertz CT molecular complexity index is 751. The molecule has 6 nitrogen and oxygen atoms in total. The SMILES string of the molecule is CCS(=O)(=O)c1nc2cc(Br)ccn2c1C(=O)OC. The van der Waals surface area contributed by atoms with Gasteiger partial charge in [0.05, 0.1) is 12.9 Å². The van der Waals surface area contributed by atoms with E-state index in [1.165, 1.54) is 18.4 Å². The van der Waals surface area contributed by atoms with Crippen LogP contribution in [0.5, 0.6) is 0 Å². The summed E-state index contributed by atoms with van der Waals surface area (Å²) in [5, 5.41) is -0.250. The molecule has 2 heterocycles. The van der Waals surface area contributed by atoms with E-state index in [0.717, 1.165) is 4.47 Å². The lowest BCUT2D eigenvalue weighted by molar-refractivity contribution is 0.0588. The predicted octanol–water partition coefficient (Wildman–Crippen LogP) is 1.68. The molecule has 0 aliphatic rings. The number of esters is 1. The molecule has 0 spiro atoms. The zero-order chi connectivity index (χ0) is 14.2. The molecule has 0 N–H and O–H groups in total. The Morgan fingerprint density at radius 3 is 2.79 bits per heavy atom. The molecule has 0 radical (unpaired) electrons. The maximum atomic E-state index is 12.0. The van der Waals surface area contributed by atoms with Gasteiger partial charge in [0.25, 0.3) is 0 Å². The fourth-order valence-electron chi connectivity index (χ4n) is 1.63. The third-order valence-corrected chi connectivity index (χ3v) is 4.74. The number of sulfone groups is 1. The van der Waals surface area contributed by atoms with Gasteiger partial charge in [-0.05, 0) is 12.1 Å². The minimum atomic E-state index is -3.61. The summed E-state index contributed by atoms with van der Waals surface area (Å²) in [4.78, 5) is 15.8. The summed E-state index contributed by atoms with van der Waals surface area (Å²) in [6.07, 6.45) is 1.56. The van der Waals surface area contributed by atoms with E-state index >= 15 is 0 Å². The number of rotatable bonds is 3. The van der Waals surface area contributed by atoms with Crippen molar-refractivity contribution in [2.24, 2.45) is 0 Å². The van der Waals surface area contributed by atoms with Gasteiger partial charge >= 0.3 is 5.97 Å². The van der Waals surface area contributed by atoms with Gasteiger partial charge in [0.2, 0.25) is 0 Å². The van der Waals surface area contributed by atoms with Crippen LogP contribution in [0.3, 0.4) is 0 Å². The first-order valence-electron chi connectivity index (χ1n) is 5.39. The van der Waals surface area contributed by atoms with Crippen molar-refractivity contribution in [3.63, 3.8) is 0 Å². The number of carbonyl (C=O) groups excluding carboxylic acids is 1. The van der Waals surface area contributed by atoms with Gasteiger partial charge in [-0.1, -0.05) is 22.9 Å². The van der Waals surface area contributed by atoms with E-state index in [4.69, 9.17) is 0 Å². The van der Waals surface area contributed by atoms with E-state index in [-0.39, 0.29) is 16.5 Å². The molecule has 0 aliphatic heterocycles. The first-order valence-corrected chi connectivity index (χ1v) is 7.84. The van der Waals surface area contributed by atoms with E-state index in [1.807, 2.05) is 0 Å². The first-order chi connectivity index (χ1) is 8.90. The number of nitrogens with zero attached hydrogens (tertiary/aromatic N) is 2. The largest absolute Gasteiger partial charge is 0.464 e. The number of ether oxygens (including phenoxy) is 1. The average molecular weight is 347 g/mol. The van der Waals surface area contributed by atoms with Crippen molar-refractivity contribution in [3.05, 3.63) is 28.5 Å². The number of fused-ring (bicyclic) bond motifs is 1. The standard InChI is InChI=1S/C11H11BrN2O4S/c1-3-19(16,17)10-9(11(15)18-2)14-5-4-7(12)6-8(14)13-10/h4-6H,3H2,1-2H3. The molecule has 0 unspecified atom stereocenters. The van der Waals surface area contributed by atoms with Crippen LogP contribution in [0.15, 0.2) is 27.8 Å². The minimum absolute atomic E-state index is 0.0770. The maximum Gasteiger partial charge on any atom is 0.358 e. The molecule has 0 amide bonds. The maximum absolute atomic E-state index is 12.0. The second kappa shape index (κ2) is 4.93. The molecular weight excluding hydrogens is 336 g/mol. The minimum Gasteiger partial charge on any atom is -0.464 e. The third-order valence-electron chi connectivity index (χ3n) is 2.61. The Hall–Kier alpha value is -1.41. The van der Waals surface area contributed by atoms with Crippen LogP contribution >= 0.6 is 15.9 Å². The lowest BCUT2D eigenvalue weighted by atomic mass is 10.4. The first kappa shape index (κ1) is 14.0. The van der Waals surface area contributed by atoms with Crippen LogP contribution in [0.1, 0.15) is 17.4 Å². The van der Waals surface area contributed by atoms with E-state index in [0.29, 0.717) is 5.65 Å². The number of hydrogen-bond acceptors (Lipinski definition) is 5. The topological polar surface area (TPSA) is 77.7 Å². The molecule has 0 fully saturated rings. The fourth-order valence-corrected chi connectivity index (χ4v) is 2.94. The fraction of sp³-hybridized carbons (Fsp3) is 0.273. The van der Waals surface area contributed by atoms with Crippen molar-refractivity contribution in [2.45, 2.75) is 11.9 Å². The lowest BCUT2D eigenvalue weighted by Crippen LogP contribution is -2.13. The highest BCUT2D eigenvalue weighted by atomic mass is 79.9. The molecule has 102 valence electrons. The van der Waals surface area contributed by atoms with Gasteiger partial charge in [0.1, 0.15) is 5.65 Å². The third kappa shape index (κ3) is 2.37. The molecular formula is C11H11BrN2O4S. The van der Waals surface area contributed by atoms with Gasteiger partial charge in [-0.15, -0.1) is 0 Å². The second-order valence-electron chi connectivity index (χ2n) is 3.73. The second-order valence-corrected chi connectivity index (χ2v) is 6.84. The molecule has 0 bridgehead atoms. The number of pyridine rings is 1. The molecule has 0 aliphatic carbocycles. The summed E-state index contributed by atoms with van der Waals surface area (Å²) in [6.45, 7) is 1.50. The summed E-state index contributed by atoms with van der Waals surface area (Å²) in [5.74, 6) is -0.871. The summed E-state index contributed by atoms with van der Waals surface area (Å²) in [7, 11) is -2.41. The zero-order valence-electron chi connectivity index (χ0n) is 10.3. The summed E-state index contributed by atoms with van der Waals surface area (Å²) in [5.41, 5.74) is 0.286. The Balaban J connectivity index is 2.87. The van der Waals surface area contributed by atoms with E-state index in [1.54, 1.807) is 18.3 Å². The Kier molecular flexibility index (Phi) is 3.64. The monoisotopic (exact) mass is 346 g/mol. The molecule has 0 saturated carbocycles. The van der Waals surface area contributed by atoms with Gasteiger partial charge < -0.3 is 4.74 Å². The van der Waals surface area contributed by atoms with Crippen LogP contribution in [0, 0.1) is 0 Å². The van der Waals surface area contributed by atoms with Gasteiger partial charge in [0, 0.05) is 10.7 Å². The number of aromatic nitrogens is 2. The molecule has 0 saturated heterocycles. The molecule has 0 aromatic carbocycles. The van der Waals surface area contributed by atoms with Crippen LogP contribution in [-0.4, -0.2) is 36.6 Å². The molecule has 2 aromatic heterocycles. The van der Waals surface area contributed by atoms with Crippen LogP contribution in [-0.2, 0) is 14.6 Å². The molecule has 2 aromatic rings. The van der Waals surface area contributed by atoms with E-state index in [2.05, 4.69) is 25.7 Å². The lowest BCUT2D eigenvalue weighted by Gasteiger charge is -2.02. The Morgan fingerprint density at radius 1 is 1.53 bits per heavy atom. The van der Waals surface area contributed by atoms with Gasteiger partial charge in [-0.3, -0.25) is 4.40 Å². The summed E-state index contributed by atoms with van der Waals surface area (Å²) < 4.78 is 30.8. The highest BCUT2D eigenvalue weighted by Crippen LogP contribution is 2.22. The smallest absolute Gasteiger partial charge is 0.358 e. The number of halogens is 1. The Morgan fingerprint density at radius 2 is 2.21 bits per heavy atom. The zero-order valence-corrected chi connectivity index (χ0v) is 12.7. The van der Waals surface area contributed by atoms with Crippen molar-refractivity contribution in [1.29, 1.82) is 0 Å². The van der Waals surface area contributed by atoms with Crippen LogP contribution in [0.25, 0.3) is 5.65 Å². The number of hydrogen-bond donors (Lipinski definition) is 0. The highest BCUT2D eigenvalue weighted by molar-refractivity contribution is 9.10. The van der Waals surface area contributed by atoms with Gasteiger partial charge in [0.15, 0.2) is 20.6 Å². The normalized spacial score (nSPS) is 11.7. The van der Waals surface area contributed by atoms with E-state index < -0.39 is 15.8 Å². The van der Waals surface area contributed by atoms with Crippen molar-refractivity contribution in [1.82, 2.24) is 9.38 Å². The summed E-state index contributed by atoms with van der Waals surface area (Å²) in [6, 6.07) is 3.31. The Labute approximate surface area is 118 Å². The van der Waals surface area contributed by atoms with Gasteiger partial charge in [-0.25, -0.2) is 18.2 Å². The van der Waals surface area contributed by atoms with Crippen molar-refractivity contribution >= 4 is 37.4 Å². The predicted molar refractivity (Wildman–Crippen MR) is 72.0 cm³/mol. The van der Waals surface area contributed by atoms with Crippen LogP contribution in [0.2, 0.25) is 0 Å². The van der Waals surface area contributed by atoms with Crippen molar-refractivity contribution in [2.75, 3.05) is 12.9 Å². The number of methoxy groups -OCH3 is 1. The van der Waals surface area contributed by atoms with Gasteiger partial charge in [-0.2, -0.15) is 0 Å². The van der Waals surface area contributed by atoms with Crippen LogP contribution < -0.4 is 0 Å². The molecule has 0 atom stereocenters. The summed E-state index contributed by atoms with van der Waals surface area (Å²) >= 11 is 3.27. The average Bonchev–Trinajstić information content (AvgIpc) is 2.76. The highest BCUT2D eigenvalue weighted by Gasteiger charge is 2.28. The molecule has 2 rings (SSSR count). The number of imidazole rings is 1. The quantitative estimate of drug-likeness (QED) is 0.790. The van der Waals surface area contributed by atoms with Crippen molar-refractivity contribution < 1.29 is 17.9 Å². The van der Waals surface area contributed by atoms with Crippen molar-refractivity contribution in [3.8, 4) is 0 Å². The van der Waals surface area contributed by atoms with Crippen LogP contribution in [0.4, 0.5) is 0 Å². The number of carbonyl (C=O) groups is 1. The molecule has 19 heavy (non-hydrogen) atoms. The molecule has 8 heteroatoms. The van der Waals surface area contributed by atoms with E-state index in [9.17, 15) is 13.2 Å².